The number of rotatable bonds is 6. The van der Waals surface area contributed by atoms with Crippen molar-refractivity contribution in [2.24, 2.45) is 7.05 Å². The Kier molecular flexibility index (Phi) is 6.51. The molecule has 1 amide bonds. The number of nitrogens with zero attached hydrogens (tertiary/aromatic N) is 2. The summed E-state index contributed by atoms with van der Waals surface area (Å²) < 4.78 is 35.4. The van der Waals surface area contributed by atoms with Crippen LogP contribution in [-0.4, -0.2) is 39.6 Å². The maximum absolute atomic E-state index is 13.2. The minimum atomic E-state index is -4.10. The molecule has 0 spiro atoms. The van der Waals surface area contributed by atoms with Crippen LogP contribution in [0.25, 0.3) is 10.9 Å². The first kappa shape index (κ1) is 25.0. The van der Waals surface area contributed by atoms with Crippen molar-refractivity contribution >= 4 is 55.5 Å². The molecule has 1 aromatic heterocycles. The zero-order chi connectivity index (χ0) is 26.3. The van der Waals surface area contributed by atoms with E-state index in [0.717, 1.165) is 36.3 Å². The lowest BCUT2D eigenvalue weighted by Gasteiger charge is -2.27. The van der Waals surface area contributed by atoms with Gasteiger partial charge in [-0.25, -0.2) is 13.1 Å². The Bertz CT molecular complexity index is 1630. The summed E-state index contributed by atoms with van der Waals surface area (Å²) in [5, 5.41) is 4.44. The molecule has 0 aliphatic carbocycles. The van der Waals surface area contributed by atoms with Crippen LogP contribution >= 0.6 is 11.6 Å². The number of nitrogens with one attached hydrogen (secondary N) is 2. The Hall–Kier alpha value is -3.69. The van der Waals surface area contributed by atoms with Crippen molar-refractivity contribution in [2.45, 2.75) is 17.7 Å². The van der Waals surface area contributed by atoms with Gasteiger partial charge in [0.05, 0.1) is 22.5 Å². The number of anilines is 3. The molecule has 10 heteroatoms. The fourth-order valence-corrected chi connectivity index (χ4v) is 6.02. The second kappa shape index (κ2) is 9.64. The summed E-state index contributed by atoms with van der Waals surface area (Å²) in [7, 11) is 1.11. The zero-order valence-corrected chi connectivity index (χ0v) is 22.3. The summed E-state index contributed by atoms with van der Waals surface area (Å²) in [5.74, 6) is -0.0462. The van der Waals surface area contributed by atoms with Crippen molar-refractivity contribution in [2.75, 3.05) is 30.9 Å². The summed E-state index contributed by atoms with van der Waals surface area (Å²) >= 11 is 6.49. The second-order valence-electron chi connectivity index (χ2n) is 9.05. The topological polar surface area (TPSA) is 92.7 Å². The quantitative estimate of drug-likeness (QED) is 0.355. The van der Waals surface area contributed by atoms with Crippen LogP contribution in [0.3, 0.4) is 0 Å². The van der Waals surface area contributed by atoms with E-state index in [1.807, 2.05) is 48.3 Å². The van der Waals surface area contributed by atoms with Gasteiger partial charge in [-0.15, -0.1) is 0 Å². The molecule has 1 aliphatic heterocycles. The Morgan fingerprint density at radius 2 is 1.86 bits per heavy atom. The highest BCUT2D eigenvalue weighted by atomic mass is 35.5. The van der Waals surface area contributed by atoms with Gasteiger partial charge in [-0.1, -0.05) is 23.7 Å². The van der Waals surface area contributed by atoms with Crippen LogP contribution in [0.15, 0.2) is 65.6 Å². The molecular weight excluding hydrogens is 512 g/mol. The predicted octanol–water partition coefficient (Wildman–Crippen LogP) is 5.09. The molecule has 0 saturated heterocycles. The van der Waals surface area contributed by atoms with Crippen LogP contribution in [0.4, 0.5) is 17.1 Å². The number of ether oxygens (including phenoxy) is 1. The van der Waals surface area contributed by atoms with E-state index in [0.29, 0.717) is 27.4 Å². The lowest BCUT2D eigenvalue weighted by molar-refractivity contribution is 0.0974. The molecule has 0 radical (unpaired) electrons. The number of benzene rings is 3. The fraction of sp³-hybridized carbons (Fsp3) is 0.222. The van der Waals surface area contributed by atoms with E-state index < -0.39 is 15.9 Å². The maximum atomic E-state index is 13.2. The van der Waals surface area contributed by atoms with Gasteiger partial charge < -0.3 is 19.5 Å². The minimum absolute atomic E-state index is 0.0468. The minimum Gasteiger partial charge on any atom is -0.497 e. The van der Waals surface area contributed by atoms with E-state index in [1.165, 1.54) is 0 Å². The number of sulfonamides is 1. The highest BCUT2D eigenvalue weighted by Gasteiger charge is 2.25. The first-order valence-corrected chi connectivity index (χ1v) is 13.6. The Labute approximate surface area is 220 Å². The lowest BCUT2D eigenvalue weighted by atomic mass is 10.0. The molecule has 3 aromatic carbocycles. The Balaban J connectivity index is 1.47. The molecular formula is C27H27ClN4O4S. The Morgan fingerprint density at radius 1 is 1.05 bits per heavy atom. The molecule has 1 aliphatic rings. The summed E-state index contributed by atoms with van der Waals surface area (Å²) in [6, 6.07) is 17.6. The van der Waals surface area contributed by atoms with Gasteiger partial charge in [0.1, 0.15) is 11.4 Å². The summed E-state index contributed by atoms with van der Waals surface area (Å²) in [6.45, 7) is 0.853. The molecule has 4 aromatic rings. The van der Waals surface area contributed by atoms with E-state index in [9.17, 15) is 13.2 Å². The first-order chi connectivity index (χ1) is 17.7. The van der Waals surface area contributed by atoms with Crippen molar-refractivity contribution in [1.29, 1.82) is 0 Å². The van der Waals surface area contributed by atoms with Crippen LogP contribution in [0, 0.1) is 0 Å². The molecule has 0 fully saturated rings. The molecule has 0 unspecified atom stereocenters. The second-order valence-corrected chi connectivity index (χ2v) is 11.1. The average Bonchev–Trinajstić information content (AvgIpc) is 3.24. The molecule has 8 nitrogen and oxygen atoms in total. The van der Waals surface area contributed by atoms with Gasteiger partial charge in [-0.2, -0.15) is 0 Å². The number of carbonyl (C=O) groups is 1. The van der Waals surface area contributed by atoms with Gasteiger partial charge >= 0.3 is 0 Å². The smallest absolute Gasteiger partial charge is 0.281 e. The molecule has 0 bridgehead atoms. The molecule has 0 saturated carbocycles. The van der Waals surface area contributed by atoms with E-state index in [2.05, 4.69) is 10.0 Å². The fourth-order valence-electron chi connectivity index (χ4n) is 4.74. The van der Waals surface area contributed by atoms with E-state index in [4.69, 9.17) is 16.3 Å². The van der Waals surface area contributed by atoms with Crippen LogP contribution in [0.1, 0.15) is 22.5 Å². The third-order valence-corrected chi connectivity index (χ3v) is 8.31. The largest absolute Gasteiger partial charge is 0.497 e. The number of halogens is 1. The van der Waals surface area contributed by atoms with Gasteiger partial charge in [-0.3, -0.25) is 4.79 Å². The van der Waals surface area contributed by atoms with Gasteiger partial charge in [0, 0.05) is 49.2 Å². The monoisotopic (exact) mass is 538 g/mol. The van der Waals surface area contributed by atoms with Crippen LogP contribution in [-0.2, 0) is 23.5 Å². The molecule has 2 heterocycles. The number of aryl methyl sites for hydroxylation is 2. The Morgan fingerprint density at radius 3 is 2.65 bits per heavy atom. The number of methoxy groups -OCH3 is 1. The highest BCUT2D eigenvalue weighted by molar-refractivity contribution is 7.90. The zero-order valence-electron chi connectivity index (χ0n) is 20.7. The van der Waals surface area contributed by atoms with Crippen LogP contribution < -0.4 is 19.7 Å². The maximum Gasteiger partial charge on any atom is 0.281 e. The third-order valence-electron chi connectivity index (χ3n) is 6.67. The van der Waals surface area contributed by atoms with Gasteiger partial charge in [0.25, 0.3) is 15.9 Å². The van der Waals surface area contributed by atoms with Crippen molar-refractivity contribution in [3.05, 3.63) is 76.9 Å². The van der Waals surface area contributed by atoms with Crippen molar-refractivity contribution in [3.8, 4) is 5.75 Å². The standard InChI is InChI=1S/C27H27ClN4O4S/c1-31-13-5-6-17-9-10-20(15-24(17)31)37(34,35)30-27(33)25-16-21-23(12-11-22(28)26(21)32(25)2)29-18-7-4-8-19(14-18)36-3/h4,7-12,14-16,29H,5-6,13H2,1-3H3,(H,30,33). The lowest BCUT2D eigenvalue weighted by Crippen LogP contribution is -2.32. The van der Waals surface area contributed by atoms with Crippen LogP contribution in [0.2, 0.25) is 5.02 Å². The van der Waals surface area contributed by atoms with E-state index in [-0.39, 0.29) is 10.6 Å². The SMILES string of the molecule is COc1cccc(Nc2ccc(Cl)c3c2cc(C(=O)NS(=O)(=O)c2ccc4c(c2)N(C)CCC4)n3C)c1. The molecule has 37 heavy (non-hydrogen) atoms. The van der Waals surface area contributed by atoms with E-state index in [1.54, 1.807) is 43.0 Å². The molecule has 2 N–H and O–H groups in total. The number of hydrogen-bond donors (Lipinski definition) is 2. The van der Waals surface area contributed by atoms with Crippen molar-refractivity contribution in [1.82, 2.24) is 9.29 Å². The van der Waals surface area contributed by atoms with Crippen molar-refractivity contribution in [3.63, 3.8) is 0 Å². The number of fused-ring (bicyclic) bond motifs is 2. The van der Waals surface area contributed by atoms with Crippen LogP contribution in [0.5, 0.6) is 5.75 Å². The van der Waals surface area contributed by atoms with Gasteiger partial charge in [-0.05, 0) is 60.9 Å². The molecule has 0 atom stereocenters. The molecule has 5 rings (SSSR count). The highest BCUT2D eigenvalue weighted by Crippen LogP contribution is 2.35. The third kappa shape index (κ3) is 4.72. The average molecular weight is 539 g/mol. The first-order valence-electron chi connectivity index (χ1n) is 11.8. The van der Waals surface area contributed by atoms with Gasteiger partial charge in [0.2, 0.25) is 0 Å². The molecule has 192 valence electrons. The number of hydrogen-bond acceptors (Lipinski definition) is 6. The predicted molar refractivity (Wildman–Crippen MR) is 147 cm³/mol. The number of aromatic nitrogens is 1. The number of carbonyl (C=O) groups excluding carboxylic acids is 1. The summed E-state index contributed by atoms with van der Waals surface area (Å²) in [4.78, 5) is 15.3. The summed E-state index contributed by atoms with van der Waals surface area (Å²) in [6.07, 6.45) is 1.92. The van der Waals surface area contributed by atoms with E-state index >= 15 is 0 Å². The number of amides is 1. The van der Waals surface area contributed by atoms with Gasteiger partial charge in [0.15, 0.2) is 0 Å². The van der Waals surface area contributed by atoms with Crippen molar-refractivity contribution < 1.29 is 17.9 Å². The normalized spacial score (nSPS) is 13.4. The summed E-state index contributed by atoms with van der Waals surface area (Å²) in [5.41, 5.74) is 4.23.